The minimum atomic E-state index is -0.227. The van der Waals surface area contributed by atoms with Gasteiger partial charge in [0.2, 0.25) is 0 Å². The number of aromatic amines is 1. The van der Waals surface area contributed by atoms with Crippen molar-refractivity contribution in [2.45, 2.75) is 18.4 Å². The normalized spacial score (nSPS) is 21.9. The first kappa shape index (κ1) is 12.9. The molecule has 0 bridgehead atoms. The van der Waals surface area contributed by atoms with Crippen molar-refractivity contribution >= 4 is 5.97 Å². The van der Waals surface area contributed by atoms with Crippen LogP contribution in [0, 0.1) is 0 Å². The molecule has 104 valence electrons. The van der Waals surface area contributed by atoms with E-state index in [1.807, 2.05) is 36.5 Å². The molecule has 1 saturated heterocycles. The molecule has 0 spiro atoms. The van der Waals surface area contributed by atoms with Gasteiger partial charge in [0.05, 0.1) is 19.0 Å². The third kappa shape index (κ3) is 2.44. The zero-order valence-electron chi connectivity index (χ0n) is 11.3. The summed E-state index contributed by atoms with van der Waals surface area (Å²) in [5, 5.41) is 3.17. The van der Waals surface area contributed by atoms with Crippen molar-refractivity contribution in [2.75, 3.05) is 13.7 Å². The van der Waals surface area contributed by atoms with Gasteiger partial charge in [-0.25, -0.2) is 4.98 Å². The summed E-state index contributed by atoms with van der Waals surface area (Å²) in [5.41, 5.74) is 2.11. The van der Waals surface area contributed by atoms with Gasteiger partial charge >= 0.3 is 5.97 Å². The van der Waals surface area contributed by atoms with E-state index in [0.29, 0.717) is 6.42 Å². The van der Waals surface area contributed by atoms with E-state index in [9.17, 15) is 4.79 Å². The Morgan fingerprint density at radius 2 is 2.15 bits per heavy atom. The molecule has 0 radical (unpaired) electrons. The third-order valence-electron chi connectivity index (χ3n) is 3.68. The molecule has 2 N–H and O–H groups in total. The number of nitrogens with one attached hydrogen (secondary N) is 2. The van der Waals surface area contributed by atoms with Gasteiger partial charge in [-0.3, -0.25) is 4.79 Å². The number of esters is 1. The Morgan fingerprint density at radius 1 is 1.35 bits per heavy atom. The van der Waals surface area contributed by atoms with E-state index in [2.05, 4.69) is 15.3 Å². The molecule has 1 fully saturated rings. The van der Waals surface area contributed by atoms with Gasteiger partial charge in [0.1, 0.15) is 11.9 Å². The lowest BCUT2D eigenvalue weighted by molar-refractivity contribution is -0.142. The summed E-state index contributed by atoms with van der Waals surface area (Å²) < 4.78 is 4.76. The number of carbonyl (C=O) groups excluding carboxylic acids is 1. The first-order valence-electron chi connectivity index (χ1n) is 6.69. The van der Waals surface area contributed by atoms with Crippen LogP contribution in [0.25, 0.3) is 11.3 Å². The number of methoxy groups -OCH3 is 1. The molecule has 20 heavy (non-hydrogen) atoms. The molecule has 2 aromatic rings. The molecule has 1 aliphatic heterocycles. The number of H-pyrrole nitrogens is 1. The van der Waals surface area contributed by atoms with Crippen molar-refractivity contribution in [3.05, 3.63) is 42.4 Å². The Hall–Kier alpha value is -2.14. The number of ether oxygens (including phenoxy) is 1. The minimum absolute atomic E-state index is 0.206. The SMILES string of the molecule is COC(=O)[C@@H]1C[C@@H](c2ncc(-c3ccccc3)[nH]2)CN1. The molecule has 1 aromatic carbocycles. The van der Waals surface area contributed by atoms with Crippen molar-refractivity contribution in [2.24, 2.45) is 0 Å². The van der Waals surface area contributed by atoms with Gasteiger partial charge in [-0.05, 0) is 12.0 Å². The second kappa shape index (κ2) is 5.46. The highest BCUT2D eigenvalue weighted by Gasteiger charge is 2.32. The van der Waals surface area contributed by atoms with Crippen LogP contribution >= 0.6 is 0 Å². The van der Waals surface area contributed by atoms with Crippen LogP contribution in [0.5, 0.6) is 0 Å². The Kier molecular flexibility index (Phi) is 3.52. The Labute approximate surface area is 117 Å². The van der Waals surface area contributed by atoms with E-state index < -0.39 is 0 Å². The van der Waals surface area contributed by atoms with Gasteiger partial charge in [-0.1, -0.05) is 30.3 Å². The molecule has 3 rings (SSSR count). The van der Waals surface area contributed by atoms with Crippen LogP contribution in [0.4, 0.5) is 0 Å². The lowest BCUT2D eigenvalue weighted by Crippen LogP contribution is -2.31. The van der Waals surface area contributed by atoms with E-state index >= 15 is 0 Å². The number of carbonyl (C=O) groups is 1. The number of aromatic nitrogens is 2. The summed E-state index contributed by atoms with van der Waals surface area (Å²) in [6.07, 6.45) is 2.56. The highest BCUT2D eigenvalue weighted by molar-refractivity contribution is 5.76. The number of benzene rings is 1. The second-order valence-corrected chi connectivity index (χ2v) is 4.96. The van der Waals surface area contributed by atoms with Crippen molar-refractivity contribution < 1.29 is 9.53 Å². The summed E-state index contributed by atoms with van der Waals surface area (Å²) in [7, 11) is 1.41. The minimum Gasteiger partial charge on any atom is -0.468 e. The van der Waals surface area contributed by atoms with Crippen LogP contribution in [0.15, 0.2) is 36.5 Å². The Bertz CT molecular complexity index is 594. The zero-order chi connectivity index (χ0) is 13.9. The molecular weight excluding hydrogens is 254 g/mol. The predicted molar refractivity (Wildman–Crippen MR) is 75.2 cm³/mol. The zero-order valence-corrected chi connectivity index (χ0v) is 11.3. The Morgan fingerprint density at radius 3 is 2.90 bits per heavy atom. The van der Waals surface area contributed by atoms with Gasteiger partial charge in [0.25, 0.3) is 0 Å². The summed E-state index contributed by atoms with van der Waals surface area (Å²) in [6, 6.07) is 9.85. The fourth-order valence-corrected chi connectivity index (χ4v) is 2.57. The van der Waals surface area contributed by atoms with Gasteiger partial charge in [-0.2, -0.15) is 0 Å². The molecule has 2 atom stereocenters. The lowest BCUT2D eigenvalue weighted by atomic mass is 10.1. The summed E-state index contributed by atoms with van der Waals surface area (Å²) in [4.78, 5) is 19.3. The van der Waals surface area contributed by atoms with Gasteiger partial charge < -0.3 is 15.0 Å². The van der Waals surface area contributed by atoms with Gasteiger partial charge in [0, 0.05) is 12.5 Å². The van der Waals surface area contributed by atoms with Crippen LogP contribution in [-0.4, -0.2) is 35.6 Å². The fourth-order valence-electron chi connectivity index (χ4n) is 2.57. The standard InChI is InChI=1S/C15H17N3O2/c1-20-15(19)12-7-11(8-16-12)14-17-9-13(18-14)10-5-3-2-4-6-10/h2-6,9,11-12,16H,7-8H2,1H3,(H,17,18)/t11-,12+/m1/s1. The number of imidazole rings is 1. The number of rotatable bonds is 3. The molecule has 1 aliphatic rings. The van der Waals surface area contributed by atoms with E-state index in [1.54, 1.807) is 0 Å². The molecule has 0 unspecified atom stereocenters. The smallest absolute Gasteiger partial charge is 0.322 e. The Balaban J connectivity index is 1.74. The summed E-state index contributed by atoms with van der Waals surface area (Å²) >= 11 is 0. The molecule has 1 aromatic heterocycles. The van der Waals surface area contributed by atoms with E-state index in [0.717, 1.165) is 23.6 Å². The molecule has 5 nitrogen and oxygen atoms in total. The molecule has 0 amide bonds. The van der Waals surface area contributed by atoms with Crippen LogP contribution < -0.4 is 5.32 Å². The van der Waals surface area contributed by atoms with E-state index in [-0.39, 0.29) is 17.9 Å². The van der Waals surface area contributed by atoms with Gasteiger partial charge in [-0.15, -0.1) is 0 Å². The van der Waals surface area contributed by atoms with Crippen molar-refractivity contribution in [3.63, 3.8) is 0 Å². The summed E-state index contributed by atoms with van der Waals surface area (Å²) in [6.45, 7) is 0.738. The molecule has 2 heterocycles. The monoisotopic (exact) mass is 271 g/mol. The van der Waals surface area contributed by atoms with Crippen molar-refractivity contribution in [3.8, 4) is 11.3 Å². The largest absolute Gasteiger partial charge is 0.468 e. The van der Waals surface area contributed by atoms with Gasteiger partial charge in [0.15, 0.2) is 0 Å². The third-order valence-corrected chi connectivity index (χ3v) is 3.68. The van der Waals surface area contributed by atoms with Crippen molar-refractivity contribution in [1.29, 1.82) is 0 Å². The van der Waals surface area contributed by atoms with E-state index in [4.69, 9.17) is 4.74 Å². The second-order valence-electron chi connectivity index (χ2n) is 4.96. The van der Waals surface area contributed by atoms with Crippen LogP contribution in [-0.2, 0) is 9.53 Å². The number of hydrogen-bond donors (Lipinski definition) is 2. The lowest BCUT2D eigenvalue weighted by Gasteiger charge is -2.06. The number of hydrogen-bond acceptors (Lipinski definition) is 4. The fraction of sp³-hybridized carbons (Fsp3) is 0.333. The summed E-state index contributed by atoms with van der Waals surface area (Å²) in [5.74, 6) is 0.932. The average Bonchev–Trinajstić information content (AvgIpc) is 3.16. The highest BCUT2D eigenvalue weighted by Crippen LogP contribution is 2.26. The molecular formula is C15H17N3O2. The first-order valence-corrected chi connectivity index (χ1v) is 6.69. The topological polar surface area (TPSA) is 67.0 Å². The average molecular weight is 271 g/mol. The van der Waals surface area contributed by atoms with E-state index in [1.165, 1.54) is 7.11 Å². The molecule has 0 aliphatic carbocycles. The molecule has 0 saturated carbocycles. The maximum Gasteiger partial charge on any atom is 0.322 e. The van der Waals surface area contributed by atoms with Crippen LogP contribution in [0.1, 0.15) is 18.2 Å². The maximum absolute atomic E-state index is 11.5. The highest BCUT2D eigenvalue weighted by atomic mass is 16.5. The first-order chi connectivity index (χ1) is 9.78. The molecule has 5 heteroatoms. The predicted octanol–water partition coefficient (Wildman–Crippen LogP) is 1.70. The maximum atomic E-state index is 11.5. The quantitative estimate of drug-likeness (QED) is 0.834. The van der Waals surface area contributed by atoms with Crippen molar-refractivity contribution in [1.82, 2.24) is 15.3 Å². The van der Waals surface area contributed by atoms with Crippen LogP contribution in [0.2, 0.25) is 0 Å². The van der Waals surface area contributed by atoms with Crippen LogP contribution in [0.3, 0.4) is 0 Å². The number of nitrogens with zero attached hydrogens (tertiary/aromatic N) is 1.